The van der Waals surface area contributed by atoms with E-state index < -0.39 is 0 Å². The molecule has 0 saturated heterocycles. The first-order valence-corrected chi connectivity index (χ1v) is 8.79. The fourth-order valence-corrected chi connectivity index (χ4v) is 2.61. The zero-order valence-corrected chi connectivity index (χ0v) is 15.1. The van der Waals surface area contributed by atoms with E-state index in [2.05, 4.69) is 34.7 Å². The third kappa shape index (κ3) is 4.70. The standard InChI is InChI=1S/C22H23N3O/c1-3-17-8-10-20(11-9-17)25-21-12-19(14-23-15-21)22(26)24-13-18-6-4-16(2)5-7-18/h4-12,14-15,25H,3,13H2,1-2H3,(H,24,26). The maximum absolute atomic E-state index is 12.4. The van der Waals surface area contributed by atoms with Crippen LogP contribution in [0.1, 0.15) is 34.0 Å². The number of pyridine rings is 1. The van der Waals surface area contributed by atoms with E-state index in [1.54, 1.807) is 12.4 Å². The van der Waals surface area contributed by atoms with E-state index in [0.29, 0.717) is 12.1 Å². The molecule has 4 heteroatoms. The van der Waals surface area contributed by atoms with Gasteiger partial charge in [-0.25, -0.2) is 0 Å². The fourth-order valence-electron chi connectivity index (χ4n) is 2.61. The summed E-state index contributed by atoms with van der Waals surface area (Å²) in [6.45, 7) is 4.67. The second-order valence-electron chi connectivity index (χ2n) is 6.31. The quantitative estimate of drug-likeness (QED) is 0.685. The highest BCUT2D eigenvalue weighted by molar-refractivity contribution is 5.94. The minimum absolute atomic E-state index is 0.136. The summed E-state index contributed by atoms with van der Waals surface area (Å²) >= 11 is 0. The second kappa shape index (κ2) is 8.30. The van der Waals surface area contributed by atoms with Crippen LogP contribution in [0.25, 0.3) is 0 Å². The maximum Gasteiger partial charge on any atom is 0.253 e. The number of aromatic nitrogens is 1. The molecule has 4 nitrogen and oxygen atoms in total. The molecular formula is C22H23N3O. The number of nitrogens with one attached hydrogen (secondary N) is 2. The number of hydrogen-bond acceptors (Lipinski definition) is 3. The molecule has 0 atom stereocenters. The molecular weight excluding hydrogens is 322 g/mol. The molecule has 0 aliphatic carbocycles. The molecule has 0 bridgehead atoms. The Kier molecular flexibility index (Phi) is 5.64. The monoisotopic (exact) mass is 345 g/mol. The van der Waals surface area contributed by atoms with Crippen molar-refractivity contribution in [2.24, 2.45) is 0 Å². The van der Waals surface area contributed by atoms with Crippen LogP contribution in [-0.4, -0.2) is 10.9 Å². The van der Waals surface area contributed by atoms with Gasteiger partial charge in [0.1, 0.15) is 0 Å². The number of hydrogen-bond donors (Lipinski definition) is 2. The van der Waals surface area contributed by atoms with Crippen molar-refractivity contribution in [1.82, 2.24) is 10.3 Å². The highest BCUT2D eigenvalue weighted by atomic mass is 16.1. The van der Waals surface area contributed by atoms with Gasteiger partial charge in [-0.05, 0) is 42.7 Å². The van der Waals surface area contributed by atoms with Crippen LogP contribution in [0.5, 0.6) is 0 Å². The number of carbonyl (C=O) groups is 1. The summed E-state index contributed by atoms with van der Waals surface area (Å²) in [5.41, 5.74) is 5.86. The van der Waals surface area contributed by atoms with E-state index in [1.807, 2.05) is 49.4 Å². The van der Waals surface area contributed by atoms with E-state index >= 15 is 0 Å². The summed E-state index contributed by atoms with van der Waals surface area (Å²) in [6, 6.07) is 18.2. The molecule has 1 heterocycles. The van der Waals surface area contributed by atoms with Crippen LogP contribution in [0.4, 0.5) is 11.4 Å². The van der Waals surface area contributed by atoms with Gasteiger partial charge in [-0.1, -0.05) is 48.9 Å². The molecule has 0 saturated carbocycles. The number of nitrogens with zero attached hydrogens (tertiary/aromatic N) is 1. The highest BCUT2D eigenvalue weighted by Crippen LogP contribution is 2.17. The van der Waals surface area contributed by atoms with Gasteiger partial charge in [0.2, 0.25) is 0 Å². The summed E-state index contributed by atoms with van der Waals surface area (Å²) in [4.78, 5) is 16.6. The van der Waals surface area contributed by atoms with Gasteiger partial charge in [0.15, 0.2) is 0 Å². The molecule has 0 radical (unpaired) electrons. The van der Waals surface area contributed by atoms with Crippen molar-refractivity contribution in [1.29, 1.82) is 0 Å². The van der Waals surface area contributed by atoms with Crippen molar-refractivity contribution in [3.63, 3.8) is 0 Å². The number of amides is 1. The summed E-state index contributed by atoms with van der Waals surface area (Å²) < 4.78 is 0. The topological polar surface area (TPSA) is 54.0 Å². The van der Waals surface area contributed by atoms with Gasteiger partial charge in [0, 0.05) is 18.4 Å². The number of benzene rings is 2. The van der Waals surface area contributed by atoms with Crippen molar-refractivity contribution in [3.05, 3.63) is 89.2 Å². The normalized spacial score (nSPS) is 10.4. The van der Waals surface area contributed by atoms with E-state index in [9.17, 15) is 4.79 Å². The SMILES string of the molecule is CCc1ccc(Nc2cncc(C(=O)NCc3ccc(C)cc3)c2)cc1. The largest absolute Gasteiger partial charge is 0.354 e. The Labute approximate surface area is 154 Å². The second-order valence-corrected chi connectivity index (χ2v) is 6.31. The van der Waals surface area contributed by atoms with Gasteiger partial charge in [-0.15, -0.1) is 0 Å². The fraction of sp³-hybridized carbons (Fsp3) is 0.182. The van der Waals surface area contributed by atoms with Crippen LogP contribution in [-0.2, 0) is 13.0 Å². The average Bonchev–Trinajstić information content (AvgIpc) is 2.68. The molecule has 132 valence electrons. The minimum Gasteiger partial charge on any atom is -0.354 e. The molecule has 0 fully saturated rings. The predicted molar refractivity (Wildman–Crippen MR) is 106 cm³/mol. The zero-order chi connectivity index (χ0) is 18.4. The van der Waals surface area contributed by atoms with Gasteiger partial charge in [0.05, 0.1) is 17.4 Å². The van der Waals surface area contributed by atoms with E-state index in [0.717, 1.165) is 23.4 Å². The van der Waals surface area contributed by atoms with E-state index in [1.165, 1.54) is 11.1 Å². The minimum atomic E-state index is -0.136. The number of rotatable bonds is 6. The Morgan fingerprint density at radius 2 is 1.62 bits per heavy atom. The van der Waals surface area contributed by atoms with Gasteiger partial charge in [0.25, 0.3) is 5.91 Å². The van der Waals surface area contributed by atoms with Crippen molar-refractivity contribution in [2.75, 3.05) is 5.32 Å². The van der Waals surface area contributed by atoms with Gasteiger partial charge in [-0.2, -0.15) is 0 Å². The lowest BCUT2D eigenvalue weighted by Gasteiger charge is -2.09. The summed E-state index contributed by atoms with van der Waals surface area (Å²) in [5.74, 6) is -0.136. The summed E-state index contributed by atoms with van der Waals surface area (Å²) in [5, 5.41) is 6.22. The van der Waals surface area contributed by atoms with Crippen molar-refractivity contribution >= 4 is 17.3 Å². The molecule has 2 aromatic carbocycles. The van der Waals surface area contributed by atoms with Gasteiger partial charge >= 0.3 is 0 Å². The average molecular weight is 345 g/mol. The Hall–Kier alpha value is -3.14. The third-order valence-corrected chi connectivity index (χ3v) is 4.22. The molecule has 0 unspecified atom stereocenters. The Bertz CT molecular complexity index is 871. The maximum atomic E-state index is 12.4. The van der Waals surface area contributed by atoms with E-state index in [4.69, 9.17) is 0 Å². The predicted octanol–water partition coefficient (Wildman–Crippen LogP) is 4.63. The molecule has 0 aliphatic rings. The molecule has 0 spiro atoms. The molecule has 1 amide bonds. The number of carbonyl (C=O) groups excluding carboxylic acids is 1. The molecule has 0 aliphatic heterocycles. The van der Waals surface area contributed by atoms with Gasteiger partial charge in [-0.3, -0.25) is 9.78 Å². The summed E-state index contributed by atoms with van der Waals surface area (Å²) in [6.07, 6.45) is 4.30. The van der Waals surface area contributed by atoms with Crippen LogP contribution in [0.2, 0.25) is 0 Å². The van der Waals surface area contributed by atoms with Crippen molar-refractivity contribution < 1.29 is 4.79 Å². The van der Waals surface area contributed by atoms with Crippen LogP contribution in [0.3, 0.4) is 0 Å². The lowest BCUT2D eigenvalue weighted by Crippen LogP contribution is -2.23. The number of aryl methyl sites for hydroxylation is 2. The zero-order valence-electron chi connectivity index (χ0n) is 15.1. The first-order chi connectivity index (χ1) is 12.6. The lowest BCUT2D eigenvalue weighted by molar-refractivity contribution is 0.0950. The van der Waals surface area contributed by atoms with Crippen LogP contribution in [0.15, 0.2) is 67.0 Å². The van der Waals surface area contributed by atoms with Crippen molar-refractivity contribution in [3.8, 4) is 0 Å². The molecule has 3 aromatic rings. The first-order valence-electron chi connectivity index (χ1n) is 8.79. The Morgan fingerprint density at radius 3 is 2.31 bits per heavy atom. The first kappa shape index (κ1) is 17.7. The lowest BCUT2D eigenvalue weighted by atomic mass is 10.1. The Morgan fingerprint density at radius 1 is 0.923 bits per heavy atom. The molecule has 3 rings (SSSR count). The molecule has 26 heavy (non-hydrogen) atoms. The van der Waals surface area contributed by atoms with Crippen molar-refractivity contribution in [2.45, 2.75) is 26.8 Å². The smallest absolute Gasteiger partial charge is 0.253 e. The highest BCUT2D eigenvalue weighted by Gasteiger charge is 2.07. The van der Waals surface area contributed by atoms with E-state index in [-0.39, 0.29) is 5.91 Å². The third-order valence-electron chi connectivity index (χ3n) is 4.22. The number of anilines is 2. The van der Waals surface area contributed by atoms with Crippen LogP contribution in [0, 0.1) is 6.92 Å². The molecule has 2 N–H and O–H groups in total. The Balaban J connectivity index is 1.63. The molecule has 1 aromatic heterocycles. The van der Waals surface area contributed by atoms with Crippen LogP contribution < -0.4 is 10.6 Å². The van der Waals surface area contributed by atoms with Gasteiger partial charge < -0.3 is 10.6 Å². The summed E-state index contributed by atoms with van der Waals surface area (Å²) in [7, 11) is 0. The van der Waals surface area contributed by atoms with Crippen LogP contribution >= 0.6 is 0 Å².